The van der Waals surface area contributed by atoms with Gasteiger partial charge in [0.15, 0.2) is 0 Å². The normalized spacial score (nSPS) is 11.5. The first-order chi connectivity index (χ1) is 14.4. The van der Waals surface area contributed by atoms with Gasteiger partial charge in [-0.05, 0) is 60.4 Å². The zero-order valence-electron chi connectivity index (χ0n) is 16.2. The van der Waals surface area contributed by atoms with Crippen molar-refractivity contribution in [1.29, 1.82) is 0 Å². The third-order valence-electron chi connectivity index (χ3n) is 4.70. The molecule has 0 saturated heterocycles. The molecule has 0 unspecified atom stereocenters. The van der Waals surface area contributed by atoms with Crippen molar-refractivity contribution >= 4 is 27.6 Å². The van der Waals surface area contributed by atoms with Crippen LogP contribution in [-0.2, 0) is 23.0 Å². The second-order valence-corrected chi connectivity index (χ2v) is 9.26. The maximum absolute atomic E-state index is 13.3. The number of benzene rings is 3. The van der Waals surface area contributed by atoms with Gasteiger partial charge in [-0.3, -0.25) is 0 Å². The zero-order chi connectivity index (χ0) is 21.6. The van der Waals surface area contributed by atoms with Crippen molar-refractivity contribution in [2.45, 2.75) is 24.3 Å². The Morgan fingerprint density at radius 1 is 0.900 bits per heavy atom. The van der Waals surface area contributed by atoms with Gasteiger partial charge in [0.25, 0.3) is 0 Å². The predicted molar refractivity (Wildman–Crippen MR) is 117 cm³/mol. The molecule has 0 saturated carbocycles. The number of rotatable bonds is 9. The lowest BCUT2D eigenvalue weighted by atomic mass is 10.1. The summed E-state index contributed by atoms with van der Waals surface area (Å²) < 4.78 is 27.9. The van der Waals surface area contributed by atoms with Crippen LogP contribution in [0.25, 0.3) is 0 Å². The summed E-state index contributed by atoms with van der Waals surface area (Å²) in [6, 6.07) is 22.3. The van der Waals surface area contributed by atoms with Gasteiger partial charge in [0.2, 0.25) is 10.0 Å². The minimum absolute atomic E-state index is 0.0842. The summed E-state index contributed by atoms with van der Waals surface area (Å²) in [7, 11) is -3.78. The molecular weight excluding hydrogens is 422 g/mol. The average molecular weight is 444 g/mol. The molecule has 0 heterocycles. The molecule has 0 bridgehead atoms. The van der Waals surface area contributed by atoms with Crippen molar-refractivity contribution in [3.8, 4) is 0 Å². The Labute approximate surface area is 181 Å². The van der Waals surface area contributed by atoms with Gasteiger partial charge < -0.3 is 5.11 Å². The molecule has 0 aliphatic heterocycles. The van der Waals surface area contributed by atoms with Crippen molar-refractivity contribution in [2.24, 2.45) is 0 Å². The van der Waals surface area contributed by atoms with Crippen LogP contribution < -0.4 is 0 Å². The van der Waals surface area contributed by atoms with E-state index in [1.807, 2.05) is 30.3 Å². The Balaban J connectivity index is 1.84. The quantitative estimate of drug-likeness (QED) is 0.512. The van der Waals surface area contributed by atoms with Gasteiger partial charge in [0.1, 0.15) is 0 Å². The Kier molecular flexibility index (Phi) is 7.26. The van der Waals surface area contributed by atoms with Gasteiger partial charge in [0.05, 0.1) is 10.5 Å². The van der Waals surface area contributed by atoms with E-state index in [4.69, 9.17) is 11.6 Å². The fraction of sp³-hybridized carbons (Fsp3) is 0.174. The van der Waals surface area contributed by atoms with Crippen molar-refractivity contribution < 1.29 is 18.3 Å². The number of sulfonamides is 1. The summed E-state index contributed by atoms with van der Waals surface area (Å²) in [5.41, 5.74) is 1.88. The lowest BCUT2D eigenvalue weighted by molar-refractivity contribution is 0.0696. The lowest BCUT2D eigenvalue weighted by Gasteiger charge is -2.23. The first-order valence-electron chi connectivity index (χ1n) is 9.48. The SMILES string of the molecule is O=C(O)c1cccc(CN(CCCc2ccccc2)S(=O)(=O)c2ccc(Cl)cc2)c1. The molecule has 3 aromatic rings. The number of halogens is 1. The summed E-state index contributed by atoms with van der Waals surface area (Å²) in [6.07, 6.45) is 1.37. The summed E-state index contributed by atoms with van der Waals surface area (Å²) in [4.78, 5) is 11.4. The number of hydrogen-bond donors (Lipinski definition) is 1. The zero-order valence-corrected chi connectivity index (χ0v) is 17.8. The van der Waals surface area contributed by atoms with E-state index in [-0.39, 0.29) is 17.0 Å². The van der Waals surface area contributed by atoms with E-state index >= 15 is 0 Å². The highest BCUT2D eigenvalue weighted by molar-refractivity contribution is 7.89. The standard InChI is InChI=1S/C23H22ClNO4S/c24-21-11-13-22(14-12-21)30(28,29)25(15-5-9-18-6-2-1-3-7-18)17-19-8-4-10-20(16-19)23(26)27/h1-4,6-8,10-14,16H,5,9,15,17H2,(H,26,27). The molecule has 0 amide bonds. The average Bonchev–Trinajstić information content (AvgIpc) is 2.74. The van der Waals surface area contributed by atoms with Crippen LogP contribution >= 0.6 is 11.6 Å². The molecule has 0 radical (unpaired) electrons. The molecule has 156 valence electrons. The van der Waals surface area contributed by atoms with Crippen LogP contribution in [0, 0.1) is 0 Å². The van der Waals surface area contributed by atoms with Gasteiger partial charge in [0, 0.05) is 18.1 Å². The summed E-state index contributed by atoms with van der Waals surface area (Å²) >= 11 is 5.91. The van der Waals surface area contributed by atoms with E-state index in [0.29, 0.717) is 23.6 Å². The maximum Gasteiger partial charge on any atom is 0.335 e. The molecule has 0 aliphatic rings. The van der Waals surface area contributed by atoms with Crippen LogP contribution in [0.5, 0.6) is 0 Å². The third kappa shape index (κ3) is 5.69. The Morgan fingerprint density at radius 2 is 1.57 bits per heavy atom. The number of carbonyl (C=O) groups is 1. The summed E-state index contributed by atoms with van der Waals surface area (Å²) in [5, 5.41) is 9.69. The highest BCUT2D eigenvalue weighted by Crippen LogP contribution is 2.22. The van der Waals surface area contributed by atoms with Crippen molar-refractivity contribution in [1.82, 2.24) is 4.31 Å². The number of carboxylic acids is 1. The highest BCUT2D eigenvalue weighted by Gasteiger charge is 2.24. The van der Waals surface area contributed by atoms with Crippen LogP contribution in [0.1, 0.15) is 27.9 Å². The van der Waals surface area contributed by atoms with E-state index < -0.39 is 16.0 Å². The third-order valence-corrected chi connectivity index (χ3v) is 6.81. The van der Waals surface area contributed by atoms with Crippen LogP contribution in [0.2, 0.25) is 5.02 Å². The van der Waals surface area contributed by atoms with Gasteiger partial charge in [-0.1, -0.05) is 54.1 Å². The number of aromatic carboxylic acids is 1. The molecule has 7 heteroatoms. The Morgan fingerprint density at radius 3 is 2.23 bits per heavy atom. The van der Waals surface area contributed by atoms with Crippen LogP contribution in [0.4, 0.5) is 0 Å². The smallest absolute Gasteiger partial charge is 0.335 e. The first kappa shape index (κ1) is 22.0. The topological polar surface area (TPSA) is 74.7 Å². The second kappa shape index (κ2) is 9.89. The minimum Gasteiger partial charge on any atom is -0.478 e. The van der Waals surface area contributed by atoms with Crippen molar-refractivity contribution in [3.63, 3.8) is 0 Å². The number of nitrogens with zero attached hydrogens (tertiary/aromatic N) is 1. The van der Waals surface area contributed by atoms with E-state index in [0.717, 1.165) is 12.0 Å². The molecule has 30 heavy (non-hydrogen) atoms. The Hall–Kier alpha value is -2.67. The molecular formula is C23H22ClNO4S. The molecule has 1 N–H and O–H groups in total. The summed E-state index contributed by atoms with van der Waals surface area (Å²) in [5.74, 6) is -1.05. The second-order valence-electron chi connectivity index (χ2n) is 6.89. The first-order valence-corrected chi connectivity index (χ1v) is 11.3. The molecule has 0 atom stereocenters. The fourth-order valence-electron chi connectivity index (χ4n) is 3.15. The van der Waals surface area contributed by atoms with Crippen molar-refractivity contribution in [3.05, 3.63) is 101 Å². The number of carboxylic acid groups (broad SMARTS) is 1. The van der Waals surface area contributed by atoms with E-state index in [9.17, 15) is 18.3 Å². The number of aryl methyl sites for hydroxylation is 1. The molecule has 3 rings (SSSR count). The van der Waals surface area contributed by atoms with Crippen LogP contribution in [0.3, 0.4) is 0 Å². The van der Waals surface area contributed by atoms with Crippen LogP contribution in [0.15, 0.2) is 83.8 Å². The molecule has 0 aliphatic carbocycles. The van der Waals surface area contributed by atoms with Gasteiger partial charge in [-0.15, -0.1) is 0 Å². The van der Waals surface area contributed by atoms with Gasteiger partial charge in [-0.2, -0.15) is 4.31 Å². The monoisotopic (exact) mass is 443 g/mol. The summed E-state index contributed by atoms with van der Waals surface area (Å²) in [6.45, 7) is 0.387. The molecule has 3 aromatic carbocycles. The highest BCUT2D eigenvalue weighted by atomic mass is 35.5. The van der Waals surface area contributed by atoms with E-state index in [2.05, 4.69) is 0 Å². The Bertz CT molecular complexity index is 1100. The van der Waals surface area contributed by atoms with E-state index in [1.54, 1.807) is 24.3 Å². The molecule has 5 nitrogen and oxygen atoms in total. The lowest BCUT2D eigenvalue weighted by Crippen LogP contribution is -2.32. The fourth-order valence-corrected chi connectivity index (χ4v) is 4.74. The predicted octanol–water partition coefficient (Wildman–Crippen LogP) is 4.86. The number of hydrogen-bond acceptors (Lipinski definition) is 3. The van der Waals surface area contributed by atoms with E-state index in [1.165, 1.54) is 28.6 Å². The van der Waals surface area contributed by atoms with Crippen LogP contribution in [-0.4, -0.2) is 30.3 Å². The van der Waals surface area contributed by atoms with Gasteiger partial charge >= 0.3 is 5.97 Å². The molecule has 0 aromatic heterocycles. The minimum atomic E-state index is -3.78. The van der Waals surface area contributed by atoms with Crippen molar-refractivity contribution in [2.75, 3.05) is 6.54 Å². The van der Waals surface area contributed by atoms with Gasteiger partial charge in [-0.25, -0.2) is 13.2 Å². The largest absolute Gasteiger partial charge is 0.478 e. The molecule has 0 spiro atoms. The molecule has 0 fully saturated rings. The maximum atomic E-state index is 13.3.